The molecule has 5 heteroatoms. The van der Waals surface area contributed by atoms with Crippen molar-refractivity contribution in [3.8, 4) is 0 Å². The van der Waals surface area contributed by atoms with Crippen LogP contribution in [0.5, 0.6) is 0 Å². The molecule has 0 bridgehead atoms. The van der Waals surface area contributed by atoms with Crippen LogP contribution in [0.2, 0.25) is 0 Å². The van der Waals surface area contributed by atoms with E-state index < -0.39 is 0 Å². The normalized spacial score (nSPS) is 22.6. The van der Waals surface area contributed by atoms with Crippen LogP contribution in [-0.4, -0.2) is 28.5 Å². The van der Waals surface area contributed by atoms with Crippen molar-refractivity contribution in [3.05, 3.63) is 18.2 Å². The van der Waals surface area contributed by atoms with Crippen LogP contribution in [0, 0.1) is 0 Å². The number of H-pyrrole nitrogens is 1. The lowest BCUT2D eigenvalue weighted by atomic mass is 10.2. The van der Waals surface area contributed by atoms with Crippen molar-refractivity contribution in [3.63, 3.8) is 0 Å². The molecule has 2 rings (SSSR count). The van der Waals surface area contributed by atoms with E-state index in [0.29, 0.717) is 0 Å². The molecule has 1 aliphatic rings. The van der Waals surface area contributed by atoms with Crippen molar-refractivity contribution in [2.75, 3.05) is 6.54 Å². The van der Waals surface area contributed by atoms with Crippen LogP contribution in [0.3, 0.4) is 0 Å². The molecule has 2 heterocycles. The molecule has 1 saturated heterocycles. The molecule has 1 unspecified atom stereocenters. The highest BCUT2D eigenvalue weighted by Gasteiger charge is 2.23. The lowest BCUT2D eigenvalue weighted by Crippen LogP contribution is -2.41. The van der Waals surface area contributed by atoms with E-state index in [9.17, 15) is 4.79 Å². The molecule has 2 atom stereocenters. The topological polar surface area (TPSA) is 69.8 Å². The Labute approximate surface area is 88.7 Å². The van der Waals surface area contributed by atoms with E-state index in [1.807, 2.05) is 6.92 Å². The molecule has 0 spiro atoms. The Morgan fingerprint density at radius 2 is 2.60 bits per heavy atom. The molecule has 5 nitrogen and oxygen atoms in total. The second-order valence-corrected chi connectivity index (χ2v) is 3.85. The van der Waals surface area contributed by atoms with Gasteiger partial charge >= 0.3 is 0 Å². The summed E-state index contributed by atoms with van der Waals surface area (Å²) in [5, 5.41) is 6.09. The Morgan fingerprint density at radius 1 is 1.73 bits per heavy atom. The van der Waals surface area contributed by atoms with Gasteiger partial charge in [-0.05, 0) is 26.3 Å². The summed E-state index contributed by atoms with van der Waals surface area (Å²) in [5.41, 5.74) is 0. The molecule has 15 heavy (non-hydrogen) atoms. The van der Waals surface area contributed by atoms with Crippen LogP contribution in [0.4, 0.5) is 0 Å². The van der Waals surface area contributed by atoms with E-state index in [-0.39, 0.29) is 18.0 Å². The molecular weight excluding hydrogens is 192 g/mol. The van der Waals surface area contributed by atoms with Gasteiger partial charge in [-0.15, -0.1) is 0 Å². The van der Waals surface area contributed by atoms with E-state index >= 15 is 0 Å². The van der Waals surface area contributed by atoms with Crippen molar-refractivity contribution in [1.29, 1.82) is 0 Å². The average molecular weight is 208 g/mol. The van der Waals surface area contributed by atoms with Gasteiger partial charge in [0.15, 0.2) is 0 Å². The minimum absolute atomic E-state index is 0.0255. The number of imidazole rings is 1. The van der Waals surface area contributed by atoms with Crippen LogP contribution >= 0.6 is 0 Å². The summed E-state index contributed by atoms with van der Waals surface area (Å²) in [6.45, 7) is 2.86. The van der Waals surface area contributed by atoms with Gasteiger partial charge in [0.1, 0.15) is 5.82 Å². The van der Waals surface area contributed by atoms with Gasteiger partial charge in [-0.25, -0.2) is 4.98 Å². The van der Waals surface area contributed by atoms with E-state index in [4.69, 9.17) is 0 Å². The van der Waals surface area contributed by atoms with Crippen molar-refractivity contribution < 1.29 is 4.79 Å². The number of carbonyl (C=O) groups is 1. The van der Waals surface area contributed by atoms with Gasteiger partial charge in [0, 0.05) is 12.4 Å². The van der Waals surface area contributed by atoms with E-state index in [1.165, 1.54) is 0 Å². The minimum Gasteiger partial charge on any atom is -0.347 e. The average Bonchev–Trinajstić information content (AvgIpc) is 2.91. The molecule has 3 N–H and O–H groups in total. The van der Waals surface area contributed by atoms with Crippen LogP contribution in [0.1, 0.15) is 31.6 Å². The fraction of sp³-hybridized carbons (Fsp3) is 0.600. The first-order valence-corrected chi connectivity index (χ1v) is 5.30. The van der Waals surface area contributed by atoms with Crippen LogP contribution in [0.15, 0.2) is 12.4 Å². The van der Waals surface area contributed by atoms with E-state index in [2.05, 4.69) is 20.6 Å². The monoisotopic (exact) mass is 208 g/mol. The van der Waals surface area contributed by atoms with E-state index in [0.717, 1.165) is 25.2 Å². The maximum Gasteiger partial charge on any atom is 0.237 e. The van der Waals surface area contributed by atoms with Gasteiger partial charge in [-0.2, -0.15) is 0 Å². The number of amides is 1. The maximum absolute atomic E-state index is 11.7. The smallest absolute Gasteiger partial charge is 0.237 e. The lowest BCUT2D eigenvalue weighted by Gasteiger charge is -2.15. The van der Waals surface area contributed by atoms with Gasteiger partial charge in [-0.3, -0.25) is 4.79 Å². The van der Waals surface area contributed by atoms with Crippen molar-refractivity contribution in [1.82, 2.24) is 20.6 Å². The second-order valence-electron chi connectivity index (χ2n) is 3.85. The summed E-state index contributed by atoms with van der Waals surface area (Å²) in [7, 11) is 0. The zero-order chi connectivity index (χ0) is 10.7. The zero-order valence-electron chi connectivity index (χ0n) is 8.79. The number of hydrogen-bond donors (Lipinski definition) is 3. The molecule has 0 radical (unpaired) electrons. The highest BCUT2D eigenvalue weighted by molar-refractivity contribution is 5.82. The number of nitrogens with one attached hydrogen (secondary N) is 3. The first-order chi connectivity index (χ1) is 7.27. The van der Waals surface area contributed by atoms with Gasteiger partial charge in [0.05, 0.1) is 12.1 Å². The molecule has 1 amide bonds. The summed E-state index contributed by atoms with van der Waals surface area (Å²) in [5.74, 6) is 0.859. The fourth-order valence-corrected chi connectivity index (χ4v) is 1.80. The lowest BCUT2D eigenvalue weighted by molar-refractivity contribution is -0.123. The molecule has 82 valence electrons. The quantitative estimate of drug-likeness (QED) is 0.671. The van der Waals surface area contributed by atoms with Crippen LogP contribution in [-0.2, 0) is 4.79 Å². The third kappa shape index (κ3) is 2.36. The van der Waals surface area contributed by atoms with Crippen LogP contribution < -0.4 is 10.6 Å². The molecule has 1 aromatic rings. The molecule has 0 saturated carbocycles. The first-order valence-electron chi connectivity index (χ1n) is 5.30. The Kier molecular flexibility index (Phi) is 3.01. The Balaban J connectivity index is 1.88. The summed E-state index contributed by atoms with van der Waals surface area (Å²) < 4.78 is 0. The number of aromatic nitrogens is 2. The highest BCUT2D eigenvalue weighted by Crippen LogP contribution is 2.09. The number of carbonyl (C=O) groups excluding carboxylic acids is 1. The third-order valence-electron chi connectivity index (χ3n) is 2.67. The second kappa shape index (κ2) is 4.44. The Bertz CT molecular complexity index is 316. The van der Waals surface area contributed by atoms with Crippen molar-refractivity contribution >= 4 is 5.91 Å². The fourth-order valence-electron chi connectivity index (χ4n) is 1.80. The third-order valence-corrected chi connectivity index (χ3v) is 2.67. The zero-order valence-corrected chi connectivity index (χ0v) is 8.79. The molecular formula is C10H16N4O. The van der Waals surface area contributed by atoms with Gasteiger partial charge < -0.3 is 15.6 Å². The first kappa shape index (κ1) is 10.2. The molecule has 1 fully saturated rings. The maximum atomic E-state index is 11.7. The molecule has 0 aliphatic carbocycles. The SMILES string of the molecule is CC(NC(=O)[C@@H]1CCCN1)c1ncc[nH]1. The highest BCUT2D eigenvalue weighted by atomic mass is 16.2. The number of rotatable bonds is 3. The summed E-state index contributed by atoms with van der Waals surface area (Å²) in [6, 6.07) is -0.0858. The van der Waals surface area contributed by atoms with Crippen molar-refractivity contribution in [2.24, 2.45) is 0 Å². The number of hydrogen-bond acceptors (Lipinski definition) is 3. The predicted octanol–water partition coefficient (Wildman–Crippen LogP) is 0.339. The molecule has 0 aromatic carbocycles. The Hall–Kier alpha value is -1.36. The molecule has 1 aliphatic heterocycles. The summed E-state index contributed by atoms with van der Waals surface area (Å²) >= 11 is 0. The number of aromatic amines is 1. The van der Waals surface area contributed by atoms with Crippen LogP contribution in [0.25, 0.3) is 0 Å². The Morgan fingerprint density at radius 3 is 3.20 bits per heavy atom. The largest absolute Gasteiger partial charge is 0.347 e. The minimum atomic E-state index is -0.0603. The van der Waals surface area contributed by atoms with Gasteiger partial charge in [-0.1, -0.05) is 0 Å². The predicted molar refractivity (Wildman–Crippen MR) is 56.2 cm³/mol. The van der Waals surface area contributed by atoms with Gasteiger partial charge in [0.25, 0.3) is 0 Å². The van der Waals surface area contributed by atoms with Crippen molar-refractivity contribution in [2.45, 2.75) is 31.8 Å². The van der Waals surface area contributed by atoms with Gasteiger partial charge in [0.2, 0.25) is 5.91 Å². The standard InChI is InChI=1S/C10H16N4O/c1-7(9-12-5-6-13-9)14-10(15)8-3-2-4-11-8/h5-8,11H,2-4H2,1H3,(H,12,13)(H,14,15)/t7?,8-/m0/s1. The summed E-state index contributed by atoms with van der Waals surface area (Å²) in [4.78, 5) is 18.8. The number of nitrogens with zero attached hydrogens (tertiary/aromatic N) is 1. The summed E-state index contributed by atoms with van der Waals surface area (Å²) in [6.07, 6.45) is 5.45. The molecule has 1 aromatic heterocycles. The van der Waals surface area contributed by atoms with E-state index in [1.54, 1.807) is 12.4 Å².